The van der Waals surface area contributed by atoms with E-state index in [0.717, 1.165) is 67.2 Å². The van der Waals surface area contributed by atoms with E-state index in [-0.39, 0.29) is 11.3 Å². The van der Waals surface area contributed by atoms with Crippen LogP contribution in [0.3, 0.4) is 0 Å². The molecule has 1 N–H and O–H groups in total. The summed E-state index contributed by atoms with van der Waals surface area (Å²) in [6, 6.07) is 19.3. The normalized spacial score (nSPS) is 21.5. The number of amides is 1. The van der Waals surface area contributed by atoms with Crippen LogP contribution < -0.4 is 24.4 Å². The molecule has 3 aliphatic rings. The van der Waals surface area contributed by atoms with E-state index in [2.05, 4.69) is 10.3 Å². The fourth-order valence-corrected chi connectivity index (χ4v) is 5.83. The number of methoxy groups -OCH3 is 2. The zero-order valence-electron chi connectivity index (χ0n) is 22.6. The molecule has 39 heavy (non-hydrogen) atoms. The number of hydrogen-bond donors (Lipinski definition) is 1. The van der Waals surface area contributed by atoms with Crippen LogP contribution in [-0.4, -0.2) is 56.2 Å². The monoisotopic (exact) mass is 529 g/mol. The molecule has 0 atom stereocenters. The van der Waals surface area contributed by atoms with Crippen LogP contribution in [-0.2, 0) is 19.8 Å². The van der Waals surface area contributed by atoms with Gasteiger partial charge in [0.05, 0.1) is 14.2 Å². The Hall–Kier alpha value is -3.75. The Labute approximate surface area is 229 Å². The van der Waals surface area contributed by atoms with Crippen molar-refractivity contribution in [2.75, 3.05) is 40.4 Å². The number of piperidine rings is 1. The zero-order valence-corrected chi connectivity index (χ0v) is 22.6. The highest BCUT2D eigenvalue weighted by Gasteiger charge is 2.46. The quantitative estimate of drug-likeness (QED) is 0.417. The molecule has 2 bridgehead atoms. The average molecular weight is 530 g/mol. The highest BCUT2D eigenvalue weighted by molar-refractivity contribution is 5.97. The Morgan fingerprint density at radius 1 is 0.821 bits per heavy atom. The SMILES string of the molecule is COc1ccc(COc2cc3c(cc2OCc2ccc(OC)cc2)C(=O)N(CC24CCN(CC2)C4)NC3)cc1. The van der Waals surface area contributed by atoms with Crippen molar-refractivity contribution < 1.29 is 23.7 Å². The van der Waals surface area contributed by atoms with Gasteiger partial charge in [-0.05, 0) is 79.0 Å². The summed E-state index contributed by atoms with van der Waals surface area (Å²) in [7, 11) is 3.30. The molecule has 6 rings (SSSR count). The Morgan fingerprint density at radius 3 is 1.90 bits per heavy atom. The van der Waals surface area contributed by atoms with Gasteiger partial charge in [-0.1, -0.05) is 24.3 Å². The molecule has 0 unspecified atom stereocenters. The molecule has 0 aromatic heterocycles. The fourth-order valence-electron chi connectivity index (χ4n) is 5.83. The first kappa shape index (κ1) is 25.5. The molecule has 204 valence electrons. The lowest BCUT2D eigenvalue weighted by Crippen LogP contribution is -2.51. The van der Waals surface area contributed by atoms with Crippen LogP contribution in [0.1, 0.15) is 39.9 Å². The molecule has 0 saturated carbocycles. The first-order valence-electron chi connectivity index (χ1n) is 13.5. The summed E-state index contributed by atoms with van der Waals surface area (Å²) in [5.74, 6) is 2.75. The summed E-state index contributed by atoms with van der Waals surface area (Å²) in [6.07, 6.45) is 2.30. The van der Waals surface area contributed by atoms with E-state index in [0.29, 0.717) is 36.8 Å². The van der Waals surface area contributed by atoms with Gasteiger partial charge in [-0.2, -0.15) is 0 Å². The Morgan fingerprint density at radius 2 is 1.38 bits per heavy atom. The van der Waals surface area contributed by atoms with Gasteiger partial charge >= 0.3 is 0 Å². The van der Waals surface area contributed by atoms with Crippen molar-refractivity contribution in [3.8, 4) is 23.0 Å². The van der Waals surface area contributed by atoms with Gasteiger partial charge in [-0.3, -0.25) is 9.80 Å². The van der Waals surface area contributed by atoms with Crippen LogP contribution in [0.2, 0.25) is 0 Å². The second-order valence-corrected chi connectivity index (χ2v) is 10.7. The molecule has 3 aromatic carbocycles. The van der Waals surface area contributed by atoms with Crippen LogP contribution in [0.25, 0.3) is 0 Å². The molecule has 2 fully saturated rings. The van der Waals surface area contributed by atoms with Crippen molar-refractivity contribution in [2.45, 2.75) is 32.6 Å². The van der Waals surface area contributed by atoms with Crippen molar-refractivity contribution in [3.63, 3.8) is 0 Å². The molecular weight excluding hydrogens is 494 g/mol. The summed E-state index contributed by atoms with van der Waals surface area (Å²) in [5.41, 5.74) is 7.16. The van der Waals surface area contributed by atoms with Gasteiger partial charge in [0.1, 0.15) is 24.7 Å². The van der Waals surface area contributed by atoms with Gasteiger partial charge in [0, 0.05) is 30.6 Å². The lowest BCUT2D eigenvalue weighted by atomic mass is 9.84. The molecule has 8 heteroatoms. The number of fused-ring (bicyclic) bond motifs is 3. The highest BCUT2D eigenvalue weighted by Crippen LogP contribution is 2.42. The third-order valence-corrected chi connectivity index (χ3v) is 8.18. The van der Waals surface area contributed by atoms with E-state index in [4.69, 9.17) is 18.9 Å². The first-order chi connectivity index (χ1) is 19.0. The maximum absolute atomic E-state index is 13.7. The topological polar surface area (TPSA) is 72.5 Å². The van der Waals surface area contributed by atoms with E-state index in [1.807, 2.05) is 65.7 Å². The number of rotatable bonds is 10. The van der Waals surface area contributed by atoms with E-state index < -0.39 is 0 Å². The predicted molar refractivity (Wildman–Crippen MR) is 147 cm³/mol. The van der Waals surface area contributed by atoms with Gasteiger partial charge in [-0.15, -0.1) is 0 Å². The van der Waals surface area contributed by atoms with Crippen molar-refractivity contribution in [1.82, 2.24) is 15.3 Å². The predicted octanol–water partition coefficient (Wildman–Crippen LogP) is 4.42. The van der Waals surface area contributed by atoms with E-state index in [1.54, 1.807) is 14.2 Å². The smallest absolute Gasteiger partial charge is 0.268 e. The Kier molecular flexibility index (Phi) is 7.06. The molecule has 3 aliphatic heterocycles. The largest absolute Gasteiger partial charge is 0.497 e. The third kappa shape index (κ3) is 5.40. The summed E-state index contributed by atoms with van der Waals surface area (Å²) in [6.45, 7) is 5.37. The number of carbonyl (C=O) groups is 1. The first-order valence-corrected chi connectivity index (χ1v) is 13.5. The minimum atomic E-state index is -0.00743. The molecule has 1 amide bonds. The van der Waals surface area contributed by atoms with Gasteiger partial charge in [0.15, 0.2) is 11.5 Å². The van der Waals surface area contributed by atoms with E-state index in [9.17, 15) is 4.79 Å². The number of nitrogens with zero attached hydrogens (tertiary/aromatic N) is 2. The average Bonchev–Trinajstić information content (AvgIpc) is 3.58. The number of benzene rings is 3. The number of nitrogens with one attached hydrogen (secondary N) is 1. The van der Waals surface area contributed by atoms with Crippen LogP contribution in [0.15, 0.2) is 60.7 Å². The van der Waals surface area contributed by atoms with E-state index >= 15 is 0 Å². The standard InChI is InChI=1S/C31H35N3O5/c1-36-25-7-3-22(4-8-25)18-38-28-15-24-17-32-34(21-31-11-13-33(20-31)14-12-31)30(35)27(24)16-29(28)39-19-23-5-9-26(37-2)10-6-23/h3-10,15-16,32H,11-14,17-21H2,1-2H3. The highest BCUT2D eigenvalue weighted by atomic mass is 16.5. The minimum absolute atomic E-state index is 0.00743. The molecule has 2 saturated heterocycles. The van der Waals surface area contributed by atoms with Crippen molar-refractivity contribution in [1.29, 1.82) is 0 Å². The zero-order chi connectivity index (χ0) is 26.8. The van der Waals surface area contributed by atoms with Crippen molar-refractivity contribution in [2.24, 2.45) is 5.41 Å². The summed E-state index contributed by atoms with van der Waals surface area (Å²) < 4.78 is 23.1. The Bertz CT molecular complexity index is 1320. The van der Waals surface area contributed by atoms with Crippen LogP contribution in [0, 0.1) is 5.41 Å². The molecule has 8 nitrogen and oxygen atoms in total. The van der Waals surface area contributed by atoms with Crippen LogP contribution in [0.5, 0.6) is 23.0 Å². The van der Waals surface area contributed by atoms with Gasteiger partial charge < -0.3 is 23.8 Å². The summed E-state index contributed by atoms with van der Waals surface area (Å²) >= 11 is 0. The van der Waals surface area contributed by atoms with E-state index in [1.165, 1.54) is 0 Å². The molecule has 0 spiro atoms. The third-order valence-electron chi connectivity index (χ3n) is 8.18. The summed E-state index contributed by atoms with van der Waals surface area (Å²) in [5, 5.41) is 1.82. The van der Waals surface area contributed by atoms with Crippen LogP contribution >= 0.6 is 0 Å². The maximum atomic E-state index is 13.7. The Balaban J connectivity index is 1.23. The summed E-state index contributed by atoms with van der Waals surface area (Å²) in [4.78, 5) is 16.2. The lowest BCUT2D eigenvalue weighted by Gasteiger charge is -2.36. The fraction of sp³-hybridized carbons (Fsp3) is 0.387. The number of ether oxygens (including phenoxy) is 4. The van der Waals surface area contributed by atoms with Gasteiger partial charge in [0.25, 0.3) is 5.91 Å². The van der Waals surface area contributed by atoms with Gasteiger partial charge in [-0.25, -0.2) is 5.43 Å². The molecular formula is C31H35N3O5. The molecule has 3 aromatic rings. The maximum Gasteiger partial charge on any atom is 0.268 e. The van der Waals surface area contributed by atoms with Crippen LogP contribution in [0.4, 0.5) is 0 Å². The lowest BCUT2D eigenvalue weighted by molar-refractivity contribution is 0.0501. The second kappa shape index (κ2) is 10.8. The minimum Gasteiger partial charge on any atom is -0.497 e. The second-order valence-electron chi connectivity index (χ2n) is 10.7. The number of hydrazine groups is 1. The number of hydrogen-bond acceptors (Lipinski definition) is 7. The molecule has 0 radical (unpaired) electrons. The molecule has 3 heterocycles. The van der Waals surface area contributed by atoms with Crippen molar-refractivity contribution in [3.05, 3.63) is 82.9 Å². The van der Waals surface area contributed by atoms with Crippen molar-refractivity contribution >= 4 is 5.91 Å². The molecule has 0 aliphatic carbocycles. The number of carbonyl (C=O) groups excluding carboxylic acids is 1. The van der Waals surface area contributed by atoms with Gasteiger partial charge in [0.2, 0.25) is 0 Å².